The normalized spacial score (nSPS) is 10.3. The number of hydrogen-bond acceptors (Lipinski definition) is 5. The highest BCUT2D eigenvalue weighted by Gasteiger charge is 2.09. The Morgan fingerprint density at radius 3 is 2.67 bits per heavy atom. The first-order chi connectivity index (χ1) is 10.2. The molecule has 0 fully saturated rings. The van der Waals surface area contributed by atoms with Gasteiger partial charge in [0.05, 0.1) is 18.9 Å². The summed E-state index contributed by atoms with van der Waals surface area (Å²) in [6.07, 6.45) is 2.90. The third-order valence-corrected chi connectivity index (χ3v) is 2.63. The van der Waals surface area contributed by atoms with Gasteiger partial charge in [-0.3, -0.25) is 9.78 Å². The molecule has 6 heteroatoms. The van der Waals surface area contributed by atoms with Crippen molar-refractivity contribution < 1.29 is 14.3 Å². The van der Waals surface area contributed by atoms with Crippen molar-refractivity contribution in [3.63, 3.8) is 0 Å². The number of methoxy groups -OCH3 is 1. The Hall–Kier alpha value is -3.02. The van der Waals surface area contributed by atoms with E-state index in [4.69, 9.17) is 0 Å². The zero-order valence-corrected chi connectivity index (χ0v) is 11.3. The predicted octanol–water partition coefficient (Wildman–Crippen LogP) is 1.63. The number of pyridine rings is 1. The Bertz CT molecular complexity index is 669. The summed E-state index contributed by atoms with van der Waals surface area (Å²) in [5.74, 6) is -0.893. The third kappa shape index (κ3) is 3.73. The van der Waals surface area contributed by atoms with E-state index in [9.17, 15) is 9.59 Å². The number of esters is 1. The van der Waals surface area contributed by atoms with Crippen molar-refractivity contribution in [2.75, 3.05) is 7.11 Å². The summed E-state index contributed by atoms with van der Waals surface area (Å²) in [7, 11) is 1.30. The minimum absolute atomic E-state index is 0.260. The van der Waals surface area contributed by atoms with E-state index >= 15 is 0 Å². The first-order valence-corrected chi connectivity index (χ1v) is 6.14. The van der Waals surface area contributed by atoms with E-state index in [1.807, 2.05) is 0 Å². The monoisotopic (exact) mass is 283 g/mol. The topological polar surface area (TPSA) is 80.6 Å². The summed E-state index contributed by atoms with van der Waals surface area (Å²) >= 11 is 0. The number of aromatic nitrogens is 1. The minimum atomic E-state index is -0.465. The summed E-state index contributed by atoms with van der Waals surface area (Å²) in [6.45, 7) is 0. The molecule has 1 aromatic carbocycles. The molecule has 0 radical (unpaired) electrons. The lowest BCUT2D eigenvalue weighted by molar-refractivity contribution is 0.0600. The Kier molecular flexibility index (Phi) is 4.76. The summed E-state index contributed by atoms with van der Waals surface area (Å²) in [6, 6.07) is 11.8. The van der Waals surface area contributed by atoms with Crippen LogP contribution in [0.1, 0.15) is 26.4 Å². The van der Waals surface area contributed by atoms with Crippen LogP contribution in [0.3, 0.4) is 0 Å². The summed E-state index contributed by atoms with van der Waals surface area (Å²) in [4.78, 5) is 27.2. The van der Waals surface area contributed by atoms with Crippen molar-refractivity contribution in [3.8, 4) is 0 Å². The molecular formula is C15H13N3O3. The molecule has 0 saturated heterocycles. The van der Waals surface area contributed by atoms with Gasteiger partial charge >= 0.3 is 5.97 Å². The van der Waals surface area contributed by atoms with E-state index < -0.39 is 11.9 Å². The van der Waals surface area contributed by atoms with Crippen LogP contribution in [0.25, 0.3) is 0 Å². The molecule has 0 aliphatic carbocycles. The number of hydrogen-bond donors (Lipinski definition) is 1. The Labute approximate surface area is 121 Å². The minimum Gasteiger partial charge on any atom is -0.465 e. The maximum absolute atomic E-state index is 11.7. The summed E-state index contributed by atoms with van der Waals surface area (Å²) < 4.78 is 4.68. The van der Waals surface area contributed by atoms with Crippen LogP contribution in [0.2, 0.25) is 0 Å². The number of carbonyl (C=O) groups is 2. The lowest BCUT2D eigenvalue weighted by Gasteiger charge is -2.03. The molecule has 0 aliphatic rings. The highest BCUT2D eigenvalue weighted by Crippen LogP contribution is 2.07. The van der Waals surface area contributed by atoms with Crippen molar-refractivity contribution in [1.82, 2.24) is 10.4 Å². The lowest BCUT2D eigenvalue weighted by Crippen LogP contribution is -2.19. The standard InChI is InChI=1S/C15H13N3O3/c1-21-15(20)12-7-3-2-6-11(12)10-17-18-14(19)13-8-4-5-9-16-13/h2-10H,1H3,(H,18,19)/b17-10-. The van der Waals surface area contributed by atoms with Crippen LogP contribution in [0.15, 0.2) is 53.8 Å². The van der Waals surface area contributed by atoms with Crippen molar-refractivity contribution in [3.05, 3.63) is 65.5 Å². The highest BCUT2D eigenvalue weighted by molar-refractivity contribution is 6.00. The van der Waals surface area contributed by atoms with Gasteiger partial charge in [0.25, 0.3) is 5.91 Å². The van der Waals surface area contributed by atoms with Crippen molar-refractivity contribution in [2.45, 2.75) is 0 Å². The molecule has 6 nitrogen and oxygen atoms in total. The molecule has 0 spiro atoms. The van der Waals surface area contributed by atoms with E-state index in [-0.39, 0.29) is 5.69 Å². The van der Waals surface area contributed by atoms with Crippen LogP contribution >= 0.6 is 0 Å². The van der Waals surface area contributed by atoms with Gasteiger partial charge in [0.15, 0.2) is 0 Å². The van der Waals surface area contributed by atoms with Crippen LogP contribution in [0, 0.1) is 0 Å². The summed E-state index contributed by atoms with van der Waals surface area (Å²) in [5, 5.41) is 3.82. The van der Waals surface area contributed by atoms with E-state index in [2.05, 4.69) is 20.2 Å². The van der Waals surface area contributed by atoms with E-state index in [1.54, 1.807) is 42.5 Å². The predicted molar refractivity (Wildman–Crippen MR) is 77.1 cm³/mol. The molecule has 1 aromatic heterocycles. The van der Waals surface area contributed by atoms with E-state index in [1.165, 1.54) is 19.5 Å². The highest BCUT2D eigenvalue weighted by atomic mass is 16.5. The maximum atomic E-state index is 11.7. The van der Waals surface area contributed by atoms with Gasteiger partial charge in [0.1, 0.15) is 5.69 Å². The summed E-state index contributed by atoms with van der Waals surface area (Å²) in [5.41, 5.74) is 3.53. The number of rotatable bonds is 4. The van der Waals surface area contributed by atoms with Gasteiger partial charge in [0, 0.05) is 11.8 Å². The Balaban J connectivity index is 2.09. The third-order valence-electron chi connectivity index (χ3n) is 2.63. The molecule has 0 aliphatic heterocycles. The molecule has 21 heavy (non-hydrogen) atoms. The lowest BCUT2D eigenvalue weighted by atomic mass is 10.1. The fourth-order valence-electron chi connectivity index (χ4n) is 1.62. The van der Waals surface area contributed by atoms with Crippen LogP contribution in [0.4, 0.5) is 0 Å². The van der Waals surface area contributed by atoms with Crippen LogP contribution in [-0.4, -0.2) is 30.2 Å². The number of ether oxygens (including phenoxy) is 1. The van der Waals surface area contributed by atoms with Gasteiger partial charge in [-0.25, -0.2) is 10.2 Å². The zero-order valence-electron chi connectivity index (χ0n) is 11.3. The first kappa shape index (κ1) is 14.4. The Morgan fingerprint density at radius 2 is 1.95 bits per heavy atom. The number of benzene rings is 1. The quantitative estimate of drug-likeness (QED) is 0.525. The fraction of sp³-hybridized carbons (Fsp3) is 0.0667. The molecule has 106 valence electrons. The fourth-order valence-corrected chi connectivity index (χ4v) is 1.62. The number of nitrogens with zero attached hydrogens (tertiary/aromatic N) is 2. The van der Waals surface area contributed by atoms with Crippen LogP contribution in [-0.2, 0) is 4.74 Å². The van der Waals surface area contributed by atoms with Crippen molar-refractivity contribution in [1.29, 1.82) is 0 Å². The number of nitrogens with one attached hydrogen (secondary N) is 1. The second-order valence-corrected chi connectivity index (χ2v) is 3.99. The zero-order chi connectivity index (χ0) is 15.1. The van der Waals surface area contributed by atoms with E-state index in [0.29, 0.717) is 11.1 Å². The molecule has 1 N–H and O–H groups in total. The molecule has 2 aromatic rings. The molecule has 1 heterocycles. The second kappa shape index (κ2) is 6.95. The van der Waals surface area contributed by atoms with Gasteiger partial charge in [-0.05, 0) is 18.2 Å². The molecule has 0 saturated carbocycles. The van der Waals surface area contributed by atoms with Gasteiger partial charge in [-0.2, -0.15) is 5.10 Å². The first-order valence-electron chi connectivity index (χ1n) is 6.14. The van der Waals surface area contributed by atoms with E-state index in [0.717, 1.165) is 0 Å². The largest absolute Gasteiger partial charge is 0.465 e. The SMILES string of the molecule is COC(=O)c1ccccc1/C=N\NC(=O)c1ccccn1. The average molecular weight is 283 g/mol. The van der Waals surface area contributed by atoms with Gasteiger partial charge in [-0.1, -0.05) is 24.3 Å². The second-order valence-electron chi connectivity index (χ2n) is 3.99. The van der Waals surface area contributed by atoms with Crippen molar-refractivity contribution >= 4 is 18.1 Å². The number of amides is 1. The van der Waals surface area contributed by atoms with Crippen molar-refractivity contribution in [2.24, 2.45) is 5.10 Å². The molecule has 0 unspecified atom stereocenters. The number of carbonyl (C=O) groups excluding carboxylic acids is 2. The molecule has 0 atom stereocenters. The molecule has 0 bridgehead atoms. The number of hydrazone groups is 1. The van der Waals surface area contributed by atoms with Gasteiger partial charge in [0.2, 0.25) is 0 Å². The molecule has 1 amide bonds. The maximum Gasteiger partial charge on any atom is 0.338 e. The van der Waals surface area contributed by atoms with Gasteiger partial charge < -0.3 is 4.74 Å². The average Bonchev–Trinajstić information content (AvgIpc) is 2.55. The molecular weight excluding hydrogens is 270 g/mol. The Morgan fingerprint density at radius 1 is 1.19 bits per heavy atom. The van der Waals surface area contributed by atoms with Crippen LogP contribution in [0.5, 0.6) is 0 Å². The molecule has 2 rings (SSSR count). The van der Waals surface area contributed by atoms with Gasteiger partial charge in [-0.15, -0.1) is 0 Å². The smallest absolute Gasteiger partial charge is 0.338 e. The van der Waals surface area contributed by atoms with Crippen LogP contribution < -0.4 is 5.43 Å².